The fraction of sp³-hybridized carbons (Fsp3) is 0.471. The lowest BCUT2D eigenvalue weighted by Gasteiger charge is -2.34. The van der Waals surface area contributed by atoms with Crippen LogP contribution in [-0.4, -0.2) is 23.1 Å². The van der Waals surface area contributed by atoms with Crippen LogP contribution in [0.25, 0.3) is 11.3 Å². The minimum absolute atomic E-state index is 0.230. The summed E-state index contributed by atoms with van der Waals surface area (Å²) in [7, 11) is 0. The van der Waals surface area contributed by atoms with Gasteiger partial charge in [-0.3, -0.25) is 4.90 Å². The third-order valence-electron chi connectivity index (χ3n) is 4.75. The predicted octanol–water partition coefficient (Wildman–Crippen LogP) is 3.64. The van der Waals surface area contributed by atoms with Gasteiger partial charge in [-0.2, -0.15) is 0 Å². The zero-order chi connectivity index (χ0) is 14.2. The number of fused-ring (bicyclic) bond motifs is 1. The molecular formula is C17H19FN2O. The summed E-state index contributed by atoms with van der Waals surface area (Å²) in [5.74, 6) is 1.61. The zero-order valence-corrected chi connectivity index (χ0v) is 12.0. The Morgan fingerprint density at radius 2 is 2.24 bits per heavy atom. The third-order valence-corrected chi connectivity index (χ3v) is 4.75. The van der Waals surface area contributed by atoms with Crippen molar-refractivity contribution in [3.8, 4) is 11.3 Å². The van der Waals surface area contributed by atoms with Crippen molar-refractivity contribution in [3.63, 3.8) is 0 Å². The van der Waals surface area contributed by atoms with Crippen LogP contribution in [-0.2, 0) is 13.0 Å². The fourth-order valence-electron chi connectivity index (χ4n) is 3.32. The van der Waals surface area contributed by atoms with Gasteiger partial charge in [0.25, 0.3) is 0 Å². The normalized spacial score (nSPS) is 19.3. The average Bonchev–Trinajstić information content (AvgIpc) is 2.86. The highest BCUT2D eigenvalue weighted by molar-refractivity contribution is 5.63. The van der Waals surface area contributed by atoms with E-state index in [0.717, 1.165) is 48.0 Å². The highest BCUT2D eigenvalue weighted by Gasteiger charge is 2.28. The summed E-state index contributed by atoms with van der Waals surface area (Å²) in [4.78, 5) is 2.49. The van der Waals surface area contributed by atoms with E-state index < -0.39 is 0 Å². The van der Waals surface area contributed by atoms with Crippen molar-refractivity contribution in [2.45, 2.75) is 32.2 Å². The van der Waals surface area contributed by atoms with Crippen LogP contribution in [0.15, 0.2) is 28.8 Å². The minimum atomic E-state index is -0.230. The van der Waals surface area contributed by atoms with Crippen molar-refractivity contribution in [1.82, 2.24) is 10.1 Å². The van der Waals surface area contributed by atoms with Gasteiger partial charge in [0.2, 0.25) is 0 Å². The van der Waals surface area contributed by atoms with Gasteiger partial charge >= 0.3 is 0 Å². The highest BCUT2D eigenvalue weighted by atomic mass is 19.1. The standard InChI is InChI=1S/C17H19FN2O/c18-14-6-2-5-13(9-14)17-15-11-20(10-12-3-1-4-12)8-7-16(15)21-19-17/h2,5-6,9,12H,1,3-4,7-8,10-11H2. The van der Waals surface area contributed by atoms with Gasteiger partial charge in [0.1, 0.15) is 17.3 Å². The molecule has 1 fully saturated rings. The number of rotatable bonds is 3. The Morgan fingerprint density at radius 1 is 1.33 bits per heavy atom. The summed E-state index contributed by atoms with van der Waals surface area (Å²) < 4.78 is 18.9. The molecular weight excluding hydrogens is 267 g/mol. The van der Waals surface area contributed by atoms with Gasteiger partial charge in [0.05, 0.1) is 0 Å². The second-order valence-corrected chi connectivity index (χ2v) is 6.23. The molecule has 4 rings (SSSR count). The first-order valence-electron chi connectivity index (χ1n) is 7.75. The van der Waals surface area contributed by atoms with E-state index in [4.69, 9.17) is 4.52 Å². The number of aromatic nitrogens is 1. The number of hydrogen-bond donors (Lipinski definition) is 0. The maximum atomic E-state index is 13.4. The lowest BCUT2D eigenvalue weighted by molar-refractivity contribution is 0.160. The first-order valence-corrected chi connectivity index (χ1v) is 7.75. The van der Waals surface area contributed by atoms with E-state index in [-0.39, 0.29) is 5.82 Å². The van der Waals surface area contributed by atoms with Gasteiger partial charge in [-0.1, -0.05) is 23.7 Å². The molecule has 21 heavy (non-hydrogen) atoms. The summed E-state index contributed by atoms with van der Waals surface area (Å²) in [6, 6.07) is 6.61. The Bertz CT molecular complexity index is 648. The van der Waals surface area contributed by atoms with Gasteiger partial charge in [0, 0.05) is 37.2 Å². The maximum Gasteiger partial charge on any atom is 0.143 e. The first kappa shape index (κ1) is 13.0. The zero-order valence-electron chi connectivity index (χ0n) is 12.0. The van der Waals surface area contributed by atoms with Gasteiger partial charge in [-0.15, -0.1) is 0 Å². The Kier molecular flexibility index (Phi) is 3.26. The number of nitrogens with zero attached hydrogens (tertiary/aromatic N) is 2. The second-order valence-electron chi connectivity index (χ2n) is 6.23. The summed E-state index contributed by atoms with van der Waals surface area (Å²) >= 11 is 0. The Labute approximate surface area is 123 Å². The highest BCUT2D eigenvalue weighted by Crippen LogP contribution is 2.33. The molecule has 1 aliphatic heterocycles. The monoisotopic (exact) mass is 286 g/mol. The van der Waals surface area contributed by atoms with Crippen molar-refractivity contribution in [3.05, 3.63) is 41.4 Å². The van der Waals surface area contributed by atoms with Crippen LogP contribution < -0.4 is 0 Å². The van der Waals surface area contributed by atoms with Crippen molar-refractivity contribution >= 4 is 0 Å². The largest absolute Gasteiger partial charge is 0.360 e. The Morgan fingerprint density at radius 3 is 3.00 bits per heavy atom. The lowest BCUT2D eigenvalue weighted by atomic mass is 9.84. The van der Waals surface area contributed by atoms with Crippen LogP contribution in [0, 0.1) is 11.7 Å². The van der Waals surface area contributed by atoms with Crippen molar-refractivity contribution in [2.24, 2.45) is 5.92 Å². The topological polar surface area (TPSA) is 29.3 Å². The van der Waals surface area contributed by atoms with E-state index >= 15 is 0 Å². The van der Waals surface area contributed by atoms with Crippen molar-refractivity contribution in [2.75, 3.05) is 13.1 Å². The molecule has 0 amide bonds. The smallest absolute Gasteiger partial charge is 0.143 e. The molecule has 2 aliphatic rings. The van der Waals surface area contributed by atoms with Crippen molar-refractivity contribution < 1.29 is 8.91 Å². The van der Waals surface area contributed by atoms with Gasteiger partial charge in [-0.25, -0.2) is 4.39 Å². The summed E-state index contributed by atoms with van der Waals surface area (Å²) in [6.45, 7) is 3.09. The fourth-order valence-corrected chi connectivity index (χ4v) is 3.32. The van der Waals surface area contributed by atoms with E-state index in [1.807, 2.05) is 6.07 Å². The van der Waals surface area contributed by atoms with E-state index in [0.29, 0.717) is 0 Å². The molecule has 0 atom stereocenters. The molecule has 4 heteroatoms. The van der Waals surface area contributed by atoms with Gasteiger partial charge < -0.3 is 4.52 Å². The molecule has 0 spiro atoms. The molecule has 1 aliphatic carbocycles. The molecule has 3 nitrogen and oxygen atoms in total. The third kappa shape index (κ3) is 2.48. The molecule has 1 saturated carbocycles. The number of benzene rings is 1. The van der Waals surface area contributed by atoms with Gasteiger partial charge in [-0.05, 0) is 30.9 Å². The Balaban J connectivity index is 1.59. The molecule has 2 aromatic rings. The molecule has 1 aromatic carbocycles. The first-order chi connectivity index (χ1) is 10.3. The van der Waals surface area contributed by atoms with Crippen LogP contribution in [0.3, 0.4) is 0 Å². The summed E-state index contributed by atoms with van der Waals surface area (Å²) in [6.07, 6.45) is 5.02. The second kappa shape index (κ2) is 5.26. The molecule has 0 saturated heterocycles. The van der Waals surface area contributed by atoms with E-state index in [1.165, 1.54) is 37.9 Å². The molecule has 2 heterocycles. The van der Waals surface area contributed by atoms with Crippen LogP contribution in [0.5, 0.6) is 0 Å². The van der Waals surface area contributed by atoms with Crippen LogP contribution in [0.4, 0.5) is 4.39 Å². The maximum absolute atomic E-state index is 13.4. The summed E-state index contributed by atoms with van der Waals surface area (Å²) in [5, 5.41) is 4.19. The Hall–Kier alpha value is -1.68. The van der Waals surface area contributed by atoms with Crippen LogP contribution in [0.2, 0.25) is 0 Å². The number of halogens is 1. The van der Waals surface area contributed by atoms with Crippen LogP contribution >= 0.6 is 0 Å². The van der Waals surface area contributed by atoms with Crippen LogP contribution in [0.1, 0.15) is 30.6 Å². The average molecular weight is 286 g/mol. The minimum Gasteiger partial charge on any atom is -0.360 e. The molecule has 1 aromatic heterocycles. The molecule has 110 valence electrons. The SMILES string of the molecule is Fc1cccc(-c2noc3c2CN(CC2CCC2)CC3)c1. The van der Waals surface area contributed by atoms with E-state index in [2.05, 4.69) is 10.1 Å². The molecule has 0 radical (unpaired) electrons. The quantitative estimate of drug-likeness (QED) is 0.862. The molecule has 0 bridgehead atoms. The van der Waals surface area contributed by atoms with E-state index in [1.54, 1.807) is 6.07 Å². The predicted molar refractivity (Wildman–Crippen MR) is 78.2 cm³/mol. The van der Waals surface area contributed by atoms with E-state index in [9.17, 15) is 4.39 Å². The lowest BCUT2D eigenvalue weighted by Crippen LogP contribution is -2.36. The molecule has 0 N–H and O–H groups in total. The summed E-state index contributed by atoms with van der Waals surface area (Å²) in [5.41, 5.74) is 2.76. The molecule has 0 unspecified atom stereocenters. The van der Waals surface area contributed by atoms with Crippen molar-refractivity contribution in [1.29, 1.82) is 0 Å². The van der Waals surface area contributed by atoms with Gasteiger partial charge in [0.15, 0.2) is 0 Å². The number of hydrogen-bond acceptors (Lipinski definition) is 3.